The summed E-state index contributed by atoms with van der Waals surface area (Å²) < 4.78 is 16.0. The number of carbonyl (C=O) groups excluding carboxylic acids is 2. The molecule has 3 unspecified atom stereocenters. The van der Waals surface area contributed by atoms with Gasteiger partial charge in [0.2, 0.25) is 6.29 Å². The zero-order valence-electron chi connectivity index (χ0n) is 17.1. The van der Waals surface area contributed by atoms with Crippen molar-refractivity contribution in [2.24, 2.45) is 11.8 Å². The van der Waals surface area contributed by atoms with Gasteiger partial charge in [0.25, 0.3) is 0 Å². The van der Waals surface area contributed by atoms with E-state index in [-0.39, 0.29) is 23.9 Å². The van der Waals surface area contributed by atoms with E-state index in [0.717, 1.165) is 5.57 Å². The molecule has 0 bridgehead atoms. The Labute approximate surface area is 174 Å². The summed E-state index contributed by atoms with van der Waals surface area (Å²) in [6.07, 6.45) is -1.87. The lowest BCUT2D eigenvalue weighted by Crippen LogP contribution is -2.59. The SMILES string of the molecule is C/C1=C\C2OC(=O)C(C)C2CC/C(C(=O)O[C@@H]2O[C@H](CO)[C@@H](O)[C@H](O)[C@H]2O)=C/CC1. The molecule has 2 fully saturated rings. The predicted molar refractivity (Wildman–Crippen MR) is 103 cm³/mol. The van der Waals surface area contributed by atoms with Gasteiger partial charge in [0.1, 0.15) is 30.5 Å². The molecule has 1 aliphatic carbocycles. The van der Waals surface area contributed by atoms with Crippen LogP contribution in [0.3, 0.4) is 0 Å². The normalized spacial score (nSPS) is 43.5. The molecule has 3 aliphatic rings. The van der Waals surface area contributed by atoms with Crippen LogP contribution >= 0.6 is 0 Å². The minimum absolute atomic E-state index is 0.0611. The van der Waals surface area contributed by atoms with Gasteiger partial charge < -0.3 is 34.6 Å². The maximum atomic E-state index is 12.8. The van der Waals surface area contributed by atoms with Gasteiger partial charge in [-0.25, -0.2) is 4.79 Å². The average molecular weight is 426 g/mol. The molecule has 0 aromatic carbocycles. The average Bonchev–Trinajstić information content (AvgIpc) is 2.97. The number of carbonyl (C=O) groups is 2. The molecule has 168 valence electrons. The van der Waals surface area contributed by atoms with Crippen molar-refractivity contribution >= 4 is 11.9 Å². The third-order valence-electron chi connectivity index (χ3n) is 6.15. The van der Waals surface area contributed by atoms with Gasteiger partial charge in [-0.05, 0) is 38.7 Å². The van der Waals surface area contributed by atoms with Crippen molar-refractivity contribution < 1.29 is 44.2 Å². The van der Waals surface area contributed by atoms with Crippen LogP contribution in [0.25, 0.3) is 0 Å². The zero-order chi connectivity index (χ0) is 22.0. The molecule has 0 radical (unpaired) electrons. The topological polar surface area (TPSA) is 143 Å². The van der Waals surface area contributed by atoms with Crippen molar-refractivity contribution in [2.75, 3.05) is 6.61 Å². The number of rotatable bonds is 3. The highest BCUT2D eigenvalue weighted by Crippen LogP contribution is 2.35. The number of esters is 2. The maximum absolute atomic E-state index is 12.8. The number of aliphatic hydroxyl groups is 4. The first-order chi connectivity index (χ1) is 14.2. The number of allylic oxidation sites excluding steroid dienone is 2. The summed E-state index contributed by atoms with van der Waals surface area (Å²) in [5, 5.41) is 39.1. The molecule has 2 heterocycles. The Kier molecular flexibility index (Phi) is 7.30. The van der Waals surface area contributed by atoms with Gasteiger partial charge in [-0.2, -0.15) is 0 Å². The first kappa shape index (κ1) is 22.9. The summed E-state index contributed by atoms with van der Waals surface area (Å²) in [6, 6.07) is 0. The number of fused-ring (bicyclic) bond motifs is 1. The van der Waals surface area contributed by atoms with Gasteiger partial charge in [0.05, 0.1) is 12.5 Å². The van der Waals surface area contributed by atoms with Crippen molar-refractivity contribution in [3.63, 3.8) is 0 Å². The highest BCUT2D eigenvalue weighted by molar-refractivity contribution is 5.88. The lowest BCUT2D eigenvalue weighted by molar-refractivity contribution is -0.291. The van der Waals surface area contributed by atoms with Crippen molar-refractivity contribution in [2.45, 2.75) is 76.3 Å². The molecular formula is C21H30O9. The van der Waals surface area contributed by atoms with Gasteiger partial charge in [0, 0.05) is 11.5 Å². The quantitative estimate of drug-likeness (QED) is 0.361. The van der Waals surface area contributed by atoms with E-state index in [1.807, 2.05) is 19.9 Å². The fourth-order valence-electron chi connectivity index (χ4n) is 4.15. The third kappa shape index (κ3) is 4.76. The molecule has 0 amide bonds. The second-order valence-electron chi connectivity index (χ2n) is 8.28. The summed E-state index contributed by atoms with van der Waals surface area (Å²) in [7, 11) is 0. The van der Waals surface area contributed by atoms with E-state index in [0.29, 0.717) is 31.3 Å². The van der Waals surface area contributed by atoms with Crippen LogP contribution in [-0.4, -0.2) is 75.8 Å². The molecule has 30 heavy (non-hydrogen) atoms. The Balaban J connectivity index is 1.72. The smallest absolute Gasteiger partial charge is 0.336 e. The molecule has 8 atom stereocenters. The van der Waals surface area contributed by atoms with Crippen molar-refractivity contribution in [1.82, 2.24) is 0 Å². The Morgan fingerprint density at radius 3 is 2.63 bits per heavy atom. The fourth-order valence-corrected chi connectivity index (χ4v) is 4.15. The lowest BCUT2D eigenvalue weighted by atomic mass is 9.84. The molecule has 0 saturated carbocycles. The van der Waals surface area contributed by atoms with Gasteiger partial charge in [0.15, 0.2) is 0 Å². The van der Waals surface area contributed by atoms with Crippen LogP contribution in [0, 0.1) is 11.8 Å². The summed E-state index contributed by atoms with van der Waals surface area (Å²) in [5.41, 5.74) is 1.44. The van der Waals surface area contributed by atoms with Gasteiger partial charge in [-0.3, -0.25) is 4.79 Å². The van der Waals surface area contributed by atoms with Gasteiger partial charge in [-0.15, -0.1) is 0 Å². The first-order valence-electron chi connectivity index (χ1n) is 10.3. The van der Waals surface area contributed by atoms with E-state index in [4.69, 9.17) is 14.2 Å². The second-order valence-corrected chi connectivity index (χ2v) is 8.28. The Bertz CT molecular complexity index is 713. The first-order valence-corrected chi connectivity index (χ1v) is 10.3. The number of hydrogen-bond donors (Lipinski definition) is 4. The van der Waals surface area contributed by atoms with E-state index in [9.17, 15) is 30.0 Å². The van der Waals surface area contributed by atoms with E-state index in [1.54, 1.807) is 6.08 Å². The highest BCUT2D eigenvalue weighted by atomic mass is 16.7. The molecule has 2 aliphatic heterocycles. The summed E-state index contributed by atoms with van der Waals surface area (Å²) in [4.78, 5) is 24.8. The van der Waals surface area contributed by atoms with Crippen molar-refractivity contribution in [3.05, 3.63) is 23.3 Å². The molecular weight excluding hydrogens is 396 g/mol. The molecule has 9 nitrogen and oxygen atoms in total. The molecule has 9 heteroatoms. The van der Waals surface area contributed by atoms with Gasteiger partial charge in [-0.1, -0.05) is 18.6 Å². The van der Waals surface area contributed by atoms with Crippen LogP contribution in [0.4, 0.5) is 0 Å². The van der Waals surface area contributed by atoms with E-state index < -0.39 is 43.3 Å². The third-order valence-corrected chi connectivity index (χ3v) is 6.15. The standard InChI is InChI=1S/C21H30O9/c1-10-4-3-5-12(6-7-13-11(2)19(26)28-14(13)8-10)20(27)30-21-18(25)17(24)16(23)15(9-22)29-21/h5,8,11,13-18,21-25H,3-4,6-7,9H2,1-2H3/b10-8+,12-5-/t11?,13?,14?,15-,16-,17+,18-,21+/m1/s1. The monoisotopic (exact) mass is 426 g/mol. The van der Waals surface area contributed by atoms with E-state index in [2.05, 4.69) is 0 Å². The minimum Gasteiger partial charge on any atom is -0.458 e. The van der Waals surface area contributed by atoms with Crippen molar-refractivity contribution in [3.8, 4) is 0 Å². The summed E-state index contributed by atoms with van der Waals surface area (Å²) in [6.45, 7) is 3.16. The number of ether oxygens (including phenoxy) is 3. The van der Waals surface area contributed by atoms with Crippen LogP contribution in [0.2, 0.25) is 0 Å². The molecule has 3 rings (SSSR count). The fraction of sp³-hybridized carbons (Fsp3) is 0.714. The highest BCUT2D eigenvalue weighted by Gasteiger charge is 2.46. The van der Waals surface area contributed by atoms with E-state index in [1.165, 1.54) is 0 Å². The maximum Gasteiger partial charge on any atom is 0.336 e. The van der Waals surface area contributed by atoms with Crippen LogP contribution in [-0.2, 0) is 23.8 Å². The summed E-state index contributed by atoms with van der Waals surface area (Å²) in [5.74, 6) is -1.30. The Morgan fingerprint density at radius 2 is 1.93 bits per heavy atom. The van der Waals surface area contributed by atoms with Crippen LogP contribution in [0.1, 0.15) is 39.5 Å². The van der Waals surface area contributed by atoms with Crippen LogP contribution < -0.4 is 0 Å². The lowest BCUT2D eigenvalue weighted by Gasteiger charge is -2.39. The largest absolute Gasteiger partial charge is 0.458 e. The Morgan fingerprint density at radius 1 is 1.20 bits per heavy atom. The van der Waals surface area contributed by atoms with E-state index >= 15 is 0 Å². The Hall–Kier alpha value is -1.78. The second kappa shape index (κ2) is 9.57. The molecule has 0 aromatic rings. The molecule has 0 aromatic heterocycles. The molecule has 2 saturated heterocycles. The molecule has 4 N–H and O–H groups in total. The van der Waals surface area contributed by atoms with Crippen molar-refractivity contribution in [1.29, 1.82) is 0 Å². The predicted octanol–water partition coefficient (Wildman–Crippen LogP) is -0.0461. The zero-order valence-corrected chi connectivity index (χ0v) is 17.1. The van der Waals surface area contributed by atoms with Crippen LogP contribution in [0.5, 0.6) is 0 Å². The summed E-state index contributed by atoms with van der Waals surface area (Å²) >= 11 is 0. The van der Waals surface area contributed by atoms with Crippen LogP contribution in [0.15, 0.2) is 23.3 Å². The number of hydrogen-bond acceptors (Lipinski definition) is 9. The minimum atomic E-state index is -1.65. The van der Waals surface area contributed by atoms with Gasteiger partial charge >= 0.3 is 11.9 Å². The molecule has 0 spiro atoms. The number of aliphatic hydroxyl groups excluding tert-OH is 4.